The van der Waals surface area contributed by atoms with Crippen LogP contribution in [0.3, 0.4) is 0 Å². The highest BCUT2D eigenvalue weighted by molar-refractivity contribution is 6.77. The molecular formula is C20H26BN6O. The predicted octanol–water partition coefficient (Wildman–Crippen LogP) is 2.46. The Bertz CT molecular complexity index is 822. The van der Waals surface area contributed by atoms with Crippen LogP contribution in [0.25, 0.3) is 0 Å². The van der Waals surface area contributed by atoms with Crippen molar-refractivity contribution in [3.8, 4) is 0 Å². The number of carbonyl (C=O) groups is 1. The average Bonchev–Trinajstić information content (AvgIpc) is 3.15. The molecule has 1 aromatic heterocycles. The third-order valence-corrected chi connectivity index (χ3v) is 5.46. The highest BCUT2D eigenvalue weighted by Gasteiger charge is 2.24. The maximum absolute atomic E-state index is 11.9. The van der Waals surface area contributed by atoms with Crippen LogP contribution in [-0.4, -0.2) is 67.7 Å². The average molecular weight is 377 g/mol. The van der Waals surface area contributed by atoms with Gasteiger partial charge < -0.3 is 20.0 Å². The summed E-state index contributed by atoms with van der Waals surface area (Å²) in [6.07, 6.45) is 2.46. The van der Waals surface area contributed by atoms with E-state index in [9.17, 15) is 4.79 Å². The van der Waals surface area contributed by atoms with Crippen molar-refractivity contribution in [2.45, 2.75) is 19.3 Å². The first-order valence-corrected chi connectivity index (χ1v) is 9.88. The molecule has 8 heteroatoms. The molecule has 7 nitrogen and oxygen atoms in total. The Morgan fingerprint density at radius 1 is 1.07 bits per heavy atom. The molecule has 4 rings (SSSR count). The van der Waals surface area contributed by atoms with E-state index >= 15 is 0 Å². The molecule has 1 N–H and O–H groups in total. The van der Waals surface area contributed by atoms with Gasteiger partial charge in [-0.15, -0.1) is 0 Å². The third kappa shape index (κ3) is 4.12. The van der Waals surface area contributed by atoms with Crippen LogP contribution in [0.1, 0.15) is 18.5 Å². The second kappa shape index (κ2) is 8.18. The maximum Gasteiger partial charge on any atom is 0.235 e. The first-order chi connectivity index (χ1) is 13.6. The van der Waals surface area contributed by atoms with Gasteiger partial charge in [-0.05, 0) is 37.7 Å². The van der Waals surface area contributed by atoms with E-state index in [-0.39, 0.29) is 11.8 Å². The fraction of sp³-hybridized carbons (Fsp3) is 0.450. The van der Waals surface area contributed by atoms with Crippen LogP contribution in [0.2, 0.25) is 6.32 Å². The second-order valence-electron chi connectivity index (χ2n) is 7.47. The molecule has 3 heterocycles. The van der Waals surface area contributed by atoms with E-state index in [1.54, 1.807) is 24.4 Å². The molecule has 2 aliphatic heterocycles. The number of amides is 1. The monoisotopic (exact) mass is 377 g/mol. The first kappa shape index (κ1) is 18.7. The van der Waals surface area contributed by atoms with Crippen molar-refractivity contribution in [3.63, 3.8) is 0 Å². The lowest BCUT2D eigenvalue weighted by molar-refractivity contribution is 0.265. The van der Waals surface area contributed by atoms with Crippen molar-refractivity contribution in [1.29, 1.82) is 0 Å². The quantitative estimate of drug-likeness (QED) is 0.808. The van der Waals surface area contributed by atoms with Crippen LogP contribution >= 0.6 is 0 Å². The number of benzene rings is 1. The molecular weight excluding hydrogens is 351 g/mol. The van der Waals surface area contributed by atoms with Crippen molar-refractivity contribution >= 4 is 30.5 Å². The Hall–Kier alpha value is -2.61. The molecule has 2 fully saturated rings. The Kier molecular flexibility index (Phi) is 5.48. The van der Waals surface area contributed by atoms with Gasteiger partial charge in [0.25, 0.3) is 0 Å². The van der Waals surface area contributed by atoms with Gasteiger partial charge in [-0.3, -0.25) is 4.79 Å². The number of piperazine rings is 1. The number of nitrogens with one attached hydrogen (secondary N) is 1. The number of carbonyl (C=O) groups excluding carboxylic acids is 1. The molecule has 1 amide bonds. The second-order valence-corrected chi connectivity index (χ2v) is 7.47. The van der Waals surface area contributed by atoms with Crippen molar-refractivity contribution < 1.29 is 4.79 Å². The zero-order chi connectivity index (χ0) is 19.5. The van der Waals surface area contributed by atoms with Crippen LogP contribution in [0.15, 0.2) is 36.5 Å². The molecule has 1 atom stereocenters. The topological polar surface area (TPSA) is 64.6 Å². The van der Waals surface area contributed by atoms with Crippen LogP contribution in [0.5, 0.6) is 0 Å². The molecule has 0 aliphatic carbocycles. The van der Waals surface area contributed by atoms with E-state index in [1.807, 2.05) is 0 Å². The highest BCUT2D eigenvalue weighted by atomic mass is 16.2. The normalized spacial score (nSPS) is 18.9. The summed E-state index contributed by atoms with van der Waals surface area (Å²) in [7, 11) is 3.86. The van der Waals surface area contributed by atoms with Crippen molar-refractivity contribution in [2.24, 2.45) is 0 Å². The van der Waals surface area contributed by atoms with Crippen molar-refractivity contribution in [1.82, 2.24) is 14.9 Å². The Balaban J connectivity index is 1.41. The Morgan fingerprint density at radius 2 is 1.82 bits per heavy atom. The van der Waals surface area contributed by atoms with Crippen LogP contribution in [0.4, 0.5) is 22.2 Å². The molecule has 2 aliphatic rings. The fourth-order valence-electron chi connectivity index (χ4n) is 3.65. The van der Waals surface area contributed by atoms with Gasteiger partial charge in [0, 0.05) is 44.6 Å². The summed E-state index contributed by atoms with van der Waals surface area (Å²) < 4.78 is 0. The molecule has 0 saturated carbocycles. The minimum atomic E-state index is 0.0113. The van der Waals surface area contributed by atoms with Gasteiger partial charge in [0.15, 0.2) is 5.81 Å². The van der Waals surface area contributed by atoms with Crippen molar-refractivity contribution in [2.75, 3.05) is 54.9 Å². The summed E-state index contributed by atoms with van der Waals surface area (Å²) in [4.78, 5) is 27.2. The van der Waals surface area contributed by atoms with Gasteiger partial charge in [0.1, 0.15) is 5.82 Å². The minimum absolute atomic E-state index is 0.0113. The van der Waals surface area contributed by atoms with Gasteiger partial charge in [-0.1, -0.05) is 18.5 Å². The lowest BCUT2D eigenvalue weighted by atomic mass is 9.77. The van der Waals surface area contributed by atoms with Gasteiger partial charge in [0.05, 0.1) is 6.04 Å². The number of hydrogen-bond donors (Lipinski definition) is 1. The van der Waals surface area contributed by atoms with Crippen LogP contribution in [0, 0.1) is 0 Å². The number of aromatic nitrogens is 2. The van der Waals surface area contributed by atoms with E-state index in [0.717, 1.165) is 32.5 Å². The summed E-state index contributed by atoms with van der Waals surface area (Å²) in [6.45, 7) is 7.11. The maximum atomic E-state index is 11.9. The number of nitrogens with zero attached hydrogens (tertiary/aromatic N) is 5. The van der Waals surface area contributed by atoms with E-state index in [1.165, 1.54) is 11.3 Å². The van der Waals surface area contributed by atoms with Crippen molar-refractivity contribution in [3.05, 3.63) is 42.1 Å². The predicted molar refractivity (Wildman–Crippen MR) is 114 cm³/mol. The smallest absolute Gasteiger partial charge is 0.235 e. The highest BCUT2D eigenvalue weighted by Crippen LogP contribution is 2.23. The third-order valence-electron chi connectivity index (χ3n) is 5.46. The number of rotatable bonds is 5. The molecule has 2 aromatic rings. The van der Waals surface area contributed by atoms with Gasteiger partial charge in [0.2, 0.25) is 13.2 Å². The lowest BCUT2D eigenvalue weighted by Crippen LogP contribution is -2.44. The first-order valence-electron chi connectivity index (χ1n) is 9.88. The largest absolute Gasteiger partial charge is 0.369 e. The van der Waals surface area contributed by atoms with E-state index < -0.39 is 0 Å². The number of hydrogen-bond acceptors (Lipinski definition) is 6. The molecule has 0 bridgehead atoms. The molecule has 2 saturated heterocycles. The summed E-state index contributed by atoms with van der Waals surface area (Å²) in [6, 6.07) is 10.5. The van der Waals surface area contributed by atoms with E-state index in [2.05, 4.69) is 63.3 Å². The Labute approximate surface area is 167 Å². The van der Waals surface area contributed by atoms with E-state index in [4.69, 9.17) is 0 Å². The molecule has 1 aromatic carbocycles. The van der Waals surface area contributed by atoms with Gasteiger partial charge in [-0.2, -0.15) is 4.98 Å². The van der Waals surface area contributed by atoms with Crippen LogP contribution < -0.4 is 15.1 Å². The van der Waals surface area contributed by atoms with E-state index in [0.29, 0.717) is 18.3 Å². The lowest BCUT2D eigenvalue weighted by Gasteiger charge is -2.34. The molecule has 0 spiro atoms. The minimum Gasteiger partial charge on any atom is -0.369 e. The zero-order valence-corrected chi connectivity index (χ0v) is 16.5. The molecule has 145 valence electrons. The van der Waals surface area contributed by atoms with Crippen LogP contribution in [-0.2, 0) is 0 Å². The fourth-order valence-corrected chi connectivity index (χ4v) is 3.65. The SMILES string of the molecule is CC(Nc1nccc(N2CC[B]C2=O)n1)c1ccc(N2CCN(C)CC2)cc1. The summed E-state index contributed by atoms with van der Waals surface area (Å²) in [5.74, 6) is 1.19. The Morgan fingerprint density at radius 3 is 2.50 bits per heavy atom. The standard InChI is InChI=1S/C20H26BN6O/c1-15(16-3-5-17(6-4-16)26-13-11-25(2)12-14-26)23-20-22-9-7-18(24-20)27-10-8-21-19(27)28/h3-7,9,15H,8,10-14H2,1-2H3,(H,22,23,24). The van der Waals surface area contributed by atoms with Gasteiger partial charge >= 0.3 is 0 Å². The molecule has 1 radical (unpaired) electrons. The number of anilines is 3. The summed E-state index contributed by atoms with van der Waals surface area (Å²) in [5.41, 5.74) is 2.45. The number of likely N-dealkylation sites (N-methyl/N-ethyl adjacent to an activating group) is 1. The molecule has 1 unspecified atom stereocenters. The summed E-state index contributed by atoms with van der Waals surface area (Å²) >= 11 is 0. The van der Waals surface area contributed by atoms with Gasteiger partial charge in [-0.25, -0.2) is 4.98 Å². The molecule has 28 heavy (non-hydrogen) atoms. The summed E-state index contributed by atoms with van der Waals surface area (Å²) in [5, 5.41) is 3.35. The zero-order valence-electron chi connectivity index (χ0n) is 16.5.